The van der Waals surface area contributed by atoms with Crippen molar-refractivity contribution in [2.24, 2.45) is 5.10 Å². The number of benzene rings is 3. The molecule has 5 rings (SSSR count). The molecule has 1 amide bonds. The van der Waals surface area contributed by atoms with Crippen LogP contribution in [0.5, 0.6) is 17.2 Å². The lowest BCUT2D eigenvalue weighted by Gasteiger charge is -2.11. The van der Waals surface area contributed by atoms with E-state index in [1.165, 1.54) is 6.21 Å². The number of carbonyl (C=O) groups is 1. The van der Waals surface area contributed by atoms with Crippen molar-refractivity contribution in [3.05, 3.63) is 86.0 Å². The van der Waals surface area contributed by atoms with Crippen molar-refractivity contribution in [2.45, 2.75) is 6.61 Å². The van der Waals surface area contributed by atoms with Crippen LogP contribution in [0.3, 0.4) is 0 Å². The molecule has 0 bridgehead atoms. The largest absolute Gasteiger partial charge is 0.486 e. The minimum atomic E-state index is -0.482. The van der Waals surface area contributed by atoms with Crippen molar-refractivity contribution in [3.8, 4) is 17.2 Å². The standard InChI is InChI=1S/C24H15BrCl2N2O5/c25-16-2-4-19-15(8-16)9-22(34-19)24(30)29-28-10-14-5-17(26)23(18(27)6-14)31-11-13-1-3-20-21(7-13)33-12-32-20/h1-10H,11-12H2,(H,29,30)/b28-10+. The summed E-state index contributed by atoms with van der Waals surface area (Å²) in [4.78, 5) is 12.3. The lowest BCUT2D eigenvalue weighted by molar-refractivity contribution is 0.0929. The molecule has 0 aliphatic carbocycles. The maximum Gasteiger partial charge on any atom is 0.307 e. The third kappa shape index (κ3) is 4.84. The summed E-state index contributed by atoms with van der Waals surface area (Å²) in [6, 6.07) is 15.9. The van der Waals surface area contributed by atoms with Crippen LogP contribution in [0.4, 0.5) is 0 Å². The number of rotatable bonds is 6. The summed E-state index contributed by atoms with van der Waals surface area (Å²) in [7, 11) is 0. The minimum Gasteiger partial charge on any atom is -0.486 e. The smallest absolute Gasteiger partial charge is 0.307 e. The summed E-state index contributed by atoms with van der Waals surface area (Å²) in [5, 5.41) is 5.39. The number of carbonyl (C=O) groups excluding carboxylic acids is 1. The first-order chi connectivity index (χ1) is 16.5. The fourth-order valence-corrected chi connectivity index (χ4v) is 4.32. The van der Waals surface area contributed by atoms with Crippen molar-refractivity contribution in [3.63, 3.8) is 0 Å². The van der Waals surface area contributed by atoms with E-state index in [-0.39, 0.29) is 19.2 Å². The number of hydrogen-bond acceptors (Lipinski definition) is 6. The molecule has 0 saturated heterocycles. The minimum absolute atomic E-state index is 0.147. The molecule has 172 valence electrons. The fourth-order valence-electron chi connectivity index (χ4n) is 3.32. The molecule has 0 fully saturated rings. The highest BCUT2D eigenvalue weighted by Gasteiger charge is 2.15. The molecule has 10 heteroatoms. The number of nitrogens with zero attached hydrogens (tertiary/aromatic N) is 1. The Kier molecular flexibility index (Phi) is 6.36. The Morgan fingerprint density at radius 2 is 1.85 bits per heavy atom. The topological polar surface area (TPSA) is 82.3 Å². The molecule has 1 aromatic heterocycles. The molecule has 2 heterocycles. The van der Waals surface area contributed by atoms with E-state index in [2.05, 4.69) is 26.5 Å². The lowest BCUT2D eigenvalue weighted by Crippen LogP contribution is -2.16. The van der Waals surface area contributed by atoms with Gasteiger partial charge in [0, 0.05) is 9.86 Å². The predicted octanol–water partition coefficient (Wildman–Crippen LogP) is 6.57. The average Bonchev–Trinajstić information content (AvgIpc) is 3.44. The lowest BCUT2D eigenvalue weighted by atomic mass is 10.2. The molecule has 0 unspecified atom stereocenters. The Bertz CT molecular complexity index is 1410. The molecule has 0 atom stereocenters. The van der Waals surface area contributed by atoms with Crippen LogP contribution in [0, 0.1) is 0 Å². The highest BCUT2D eigenvalue weighted by Crippen LogP contribution is 2.36. The zero-order valence-corrected chi connectivity index (χ0v) is 20.4. The van der Waals surface area contributed by atoms with Gasteiger partial charge in [-0.15, -0.1) is 0 Å². The zero-order chi connectivity index (χ0) is 23.7. The van der Waals surface area contributed by atoms with Gasteiger partial charge in [-0.1, -0.05) is 45.2 Å². The summed E-state index contributed by atoms with van der Waals surface area (Å²) in [5.41, 5.74) is 4.49. The first kappa shape index (κ1) is 22.6. The van der Waals surface area contributed by atoms with Crippen LogP contribution in [0.2, 0.25) is 10.0 Å². The second kappa shape index (κ2) is 9.58. The second-order valence-electron chi connectivity index (χ2n) is 7.28. The first-order valence-electron chi connectivity index (χ1n) is 9.99. The van der Waals surface area contributed by atoms with Gasteiger partial charge in [0.1, 0.15) is 12.2 Å². The van der Waals surface area contributed by atoms with Crippen LogP contribution in [-0.2, 0) is 6.61 Å². The van der Waals surface area contributed by atoms with Crippen molar-refractivity contribution >= 4 is 62.2 Å². The summed E-state index contributed by atoms with van der Waals surface area (Å²) >= 11 is 16.1. The van der Waals surface area contributed by atoms with Crippen molar-refractivity contribution in [1.29, 1.82) is 0 Å². The molecule has 1 aliphatic heterocycles. The van der Waals surface area contributed by atoms with Crippen LogP contribution < -0.4 is 19.6 Å². The quantitative estimate of drug-likeness (QED) is 0.212. The molecule has 34 heavy (non-hydrogen) atoms. The maximum absolute atomic E-state index is 12.3. The number of furan rings is 1. The molecule has 1 N–H and O–H groups in total. The Labute approximate surface area is 212 Å². The van der Waals surface area contributed by atoms with E-state index in [9.17, 15) is 4.79 Å². The highest BCUT2D eigenvalue weighted by molar-refractivity contribution is 9.10. The Balaban J connectivity index is 1.23. The first-order valence-corrected chi connectivity index (χ1v) is 11.5. The van der Waals surface area contributed by atoms with Gasteiger partial charge in [0.05, 0.1) is 16.3 Å². The number of ether oxygens (including phenoxy) is 3. The predicted molar refractivity (Wildman–Crippen MR) is 132 cm³/mol. The number of nitrogens with one attached hydrogen (secondary N) is 1. The van der Waals surface area contributed by atoms with E-state index in [1.807, 2.05) is 30.3 Å². The summed E-state index contributed by atoms with van der Waals surface area (Å²) in [6.45, 7) is 0.449. The van der Waals surface area contributed by atoms with Crippen molar-refractivity contribution < 1.29 is 23.4 Å². The van der Waals surface area contributed by atoms with Crippen molar-refractivity contribution in [2.75, 3.05) is 6.79 Å². The van der Waals surface area contributed by atoms with Crippen LogP contribution in [0.1, 0.15) is 21.7 Å². The Morgan fingerprint density at radius 3 is 2.68 bits per heavy atom. The van der Waals surface area contributed by atoms with Crippen molar-refractivity contribution in [1.82, 2.24) is 5.43 Å². The van der Waals surface area contributed by atoms with Gasteiger partial charge < -0.3 is 18.6 Å². The summed E-state index contributed by atoms with van der Waals surface area (Å²) in [5.74, 6) is 1.38. The molecule has 1 aliphatic rings. The number of hydrazone groups is 1. The maximum atomic E-state index is 12.3. The number of fused-ring (bicyclic) bond motifs is 2. The molecule has 7 nitrogen and oxygen atoms in total. The molecule has 4 aromatic rings. The highest BCUT2D eigenvalue weighted by atomic mass is 79.9. The van der Waals surface area contributed by atoms with E-state index in [1.54, 1.807) is 24.3 Å². The SMILES string of the molecule is O=C(N/N=C/c1cc(Cl)c(OCc2ccc3c(c2)OCO3)c(Cl)c1)c1cc2cc(Br)ccc2o1. The van der Waals surface area contributed by atoms with Crippen LogP contribution >= 0.6 is 39.1 Å². The number of amides is 1. The average molecular weight is 562 g/mol. The van der Waals surface area contributed by atoms with Gasteiger partial charge in [-0.3, -0.25) is 4.79 Å². The van der Waals surface area contributed by atoms with E-state index in [4.69, 9.17) is 41.8 Å². The van der Waals surface area contributed by atoms with Crippen LogP contribution in [0.25, 0.3) is 11.0 Å². The fraction of sp³-hybridized carbons (Fsp3) is 0.0833. The zero-order valence-electron chi connectivity index (χ0n) is 17.3. The summed E-state index contributed by atoms with van der Waals surface area (Å²) < 4.78 is 22.9. The van der Waals surface area contributed by atoms with Gasteiger partial charge in [-0.2, -0.15) is 5.10 Å². The van der Waals surface area contributed by atoms with E-state index < -0.39 is 5.91 Å². The monoisotopic (exact) mass is 560 g/mol. The molecular weight excluding hydrogens is 547 g/mol. The third-order valence-corrected chi connectivity index (χ3v) is 5.98. The van der Waals surface area contributed by atoms with E-state index >= 15 is 0 Å². The van der Waals surface area contributed by atoms with Crippen LogP contribution in [0.15, 0.2) is 68.6 Å². The van der Waals surface area contributed by atoms with Gasteiger partial charge >= 0.3 is 5.91 Å². The van der Waals surface area contributed by atoms with Gasteiger partial charge in [0.25, 0.3) is 0 Å². The Morgan fingerprint density at radius 1 is 1.06 bits per heavy atom. The molecule has 0 spiro atoms. The molecular formula is C24H15BrCl2N2O5. The molecule has 0 saturated carbocycles. The molecule has 0 radical (unpaired) electrons. The number of halogens is 3. The van der Waals surface area contributed by atoms with Crippen LogP contribution in [-0.4, -0.2) is 18.9 Å². The summed E-state index contributed by atoms with van der Waals surface area (Å²) in [6.07, 6.45) is 1.43. The van der Waals surface area contributed by atoms with Gasteiger partial charge in [0.2, 0.25) is 6.79 Å². The number of hydrogen-bond donors (Lipinski definition) is 1. The van der Waals surface area contributed by atoms with Gasteiger partial charge in [-0.25, -0.2) is 5.43 Å². The third-order valence-electron chi connectivity index (χ3n) is 4.92. The Hall–Kier alpha value is -3.20. The van der Waals surface area contributed by atoms with Gasteiger partial charge in [-0.05, 0) is 59.7 Å². The normalized spacial score (nSPS) is 12.4. The molecule has 3 aromatic carbocycles. The second-order valence-corrected chi connectivity index (χ2v) is 9.01. The van der Waals surface area contributed by atoms with E-state index in [0.29, 0.717) is 38.4 Å². The van der Waals surface area contributed by atoms with E-state index in [0.717, 1.165) is 15.4 Å². The van der Waals surface area contributed by atoms with Gasteiger partial charge in [0.15, 0.2) is 23.0 Å².